The van der Waals surface area contributed by atoms with Crippen LogP contribution in [0.5, 0.6) is 0 Å². The SMILES string of the molecule is CN(CCCOC(F)(F)F)c1cnn(C23CC(NC(=O)OC(C)(C)C)(C2)C3)c1. The van der Waals surface area contributed by atoms with Crippen molar-refractivity contribution in [1.29, 1.82) is 0 Å². The molecule has 3 aliphatic rings. The van der Waals surface area contributed by atoms with Crippen molar-refractivity contribution < 1.29 is 27.4 Å². The number of alkyl halides is 3. The zero-order chi connectivity index (χ0) is 20.8. The van der Waals surface area contributed by atoms with Crippen LogP contribution in [0, 0.1) is 0 Å². The van der Waals surface area contributed by atoms with Crippen molar-refractivity contribution in [2.75, 3.05) is 25.1 Å². The van der Waals surface area contributed by atoms with Crippen LogP contribution in [-0.4, -0.2) is 53.6 Å². The monoisotopic (exact) mass is 404 g/mol. The van der Waals surface area contributed by atoms with E-state index in [2.05, 4.69) is 15.2 Å². The van der Waals surface area contributed by atoms with Crippen LogP contribution >= 0.6 is 0 Å². The number of rotatable bonds is 7. The molecule has 3 fully saturated rings. The van der Waals surface area contributed by atoms with Gasteiger partial charge in [-0.25, -0.2) is 4.79 Å². The highest BCUT2D eigenvalue weighted by Crippen LogP contribution is 2.65. The molecule has 1 heterocycles. The number of carbonyl (C=O) groups is 1. The van der Waals surface area contributed by atoms with Crippen LogP contribution in [0.3, 0.4) is 0 Å². The summed E-state index contributed by atoms with van der Waals surface area (Å²) in [4.78, 5) is 13.8. The van der Waals surface area contributed by atoms with E-state index in [9.17, 15) is 18.0 Å². The molecule has 1 amide bonds. The Labute approximate surface area is 162 Å². The Morgan fingerprint density at radius 3 is 2.54 bits per heavy atom. The smallest absolute Gasteiger partial charge is 0.444 e. The van der Waals surface area contributed by atoms with Crippen LogP contribution in [-0.2, 0) is 15.0 Å². The predicted molar refractivity (Wildman–Crippen MR) is 96.0 cm³/mol. The van der Waals surface area contributed by atoms with Crippen molar-refractivity contribution >= 4 is 11.8 Å². The maximum Gasteiger partial charge on any atom is 0.522 e. The third-order valence-corrected chi connectivity index (χ3v) is 5.17. The van der Waals surface area contributed by atoms with Crippen molar-refractivity contribution in [2.24, 2.45) is 0 Å². The largest absolute Gasteiger partial charge is 0.522 e. The molecule has 0 atom stereocenters. The maximum atomic E-state index is 12.0. The Morgan fingerprint density at radius 2 is 1.96 bits per heavy atom. The molecule has 1 aromatic rings. The standard InChI is InChI=1S/C18H27F3N4O3/c1-15(2,3)28-14(26)23-16-10-17(11-16,12-16)25-9-13(8-22-25)24(4)6-5-7-27-18(19,20)21/h8-9H,5-7,10-12H2,1-4H3,(H,23,26). The molecule has 0 unspecified atom stereocenters. The Balaban J connectivity index is 1.46. The minimum absolute atomic E-state index is 0.0898. The van der Waals surface area contributed by atoms with Crippen LogP contribution in [0.15, 0.2) is 12.4 Å². The second-order valence-electron chi connectivity index (χ2n) is 8.87. The third-order valence-electron chi connectivity index (χ3n) is 5.17. The lowest BCUT2D eigenvalue weighted by atomic mass is 9.44. The van der Waals surface area contributed by atoms with Crippen LogP contribution < -0.4 is 10.2 Å². The van der Waals surface area contributed by atoms with Crippen LogP contribution in [0.1, 0.15) is 46.5 Å². The summed E-state index contributed by atoms with van der Waals surface area (Å²) in [6.45, 7) is 5.54. The molecule has 10 heteroatoms. The summed E-state index contributed by atoms with van der Waals surface area (Å²) in [6, 6.07) is 0. The summed E-state index contributed by atoms with van der Waals surface area (Å²) in [5, 5.41) is 7.39. The van der Waals surface area contributed by atoms with Gasteiger partial charge in [-0.3, -0.25) is 9.42 Å². The fourth-order valence-corrected chi connectivity index (χ4v) is 4.02. The Morgan fingerprint density at radius 1 is 1.32 bits per heavy atom. The molecule has 158 valence electrons. The zero-order valence-corrected chi connectivity index (χ0v) is 16.6. The maximum absolute atomic E-state index is 12.0. The van der Waals surface area contributed by atoms with E-state index in [0.717, 1.165) is 24.9 Å². The number of amides is 1. The summed E-state index contributed by atoms with van der Waals surface area (Å²) in [5.41, 5.74) is 0.00614. The van der Waals surface area contributed by atoms with E-state index >= 15 is 0 Å². The summed E-state index contributed by atoms with van der Waals surface area (Å²) < 4.78 is 47.0. The lowest BCUT2D eigenvalue weighted by Gasteiger charge is -2.69. The fraction of sp³-hybridized carbons (Fsp3) is 0.778. The van der Waals surface area contributed by atoms with Gasteiger partial charge >= 0.3 is 12.5 Å². The van der Waals surface area contributed by atoms with E-state index in [1.165, 1.54) is 0 Å². The van der Waals surface area contributed by atoms with Gasteiger partial charge in [0.2, 0.25) is 0 Å². The van der Waals surface area contributed by atoms with Gasteiger partial charge in [-0.05, 0) is 46.5 Å². The van der Waals surface area contributed by atoms with Gasteiger partial charge in [0.15, 0.2) is 0 Å². The number of aromatic nitrogens is 2. The first-order valence-corrected chi connectivity index (χ1v) is 9.30. The van der Waals surface area contributed by atoms with Crippen molar-refractivity contribution in [1.82, 2.24) is 15.1 Å². The zero-order valence-electron chi connectivity index (χ0n) is 16.6. The summed E-state index contributed by atoms with van der Waals surface area (Å²) in [5.74, 6) is 0. The van der Waals surface area contributed by atoms with Crippen LogP contribution in [0.4, 0.5) is 23.7 Å². The first kappa shape index (κ1) is 20.8. The quantitative estimate of drug-likeness (QED) is 0.706. The minimum Gasteiger partial charge on any atom is -0.444 e. The number of ether oxygens (including phenoxy) is 2. The molecule has 0 spiro atoms. The molecule has 3 saturated carbocycles. The average molecular weight is 404 g/mol. The molecule has 7 nitrogen and oxygen atoms in total. The molecule has 0 aromatic carbocycles. The van der Waals surface area contributed by atoms with Crippen molar-refractivity contribution in [3.05, 3.63) is 12.4 Å². The van der Waals surface area contributed by atoms with Gasteiger partial charge in [0, 0.05) is 19.8 Å². The topological polar surface area (TPSA) is 68.6 Å². The van der Waals surface area contributed by atoms with E-state index in [0.29, 0.717) is 6.54 Å². The van der Waals surface area contributed by atoms with Gasteiger partial charge in [0.05, 0.1) is 29.6 Å². The van der Waals surface area contributed by atoms with Gasteiger partial charge in [-0.15, -0.1) is 13.2 Å². The van der Waals surface area contributed by atoms with E-state index in [1.807, 2.05) is 43.6 Å². The molecular weight excluding hydrogens is 377 g/mol. The summed E-state index contributed by atoms with van der Waals surface area (Å²) in [6.07, 6.45) is 1.27. The minimum atomic E-state index is -4.59. The van der Waals surface area contributed by atoms with Crippen molar-refractivity contribution in [3.8, 4) is 0 Å². The third kappa shape index (κ3) is 4.53. The molecule has 4 rings (SSSR count). The average Bonchev–Trinajstić information content (AvgIpc) is 2.92. The first-order valence-electron chi connectivity index (χ1n) is 9.30. The van der Waals surface area contributed by atoms with Gasteiger partial charge in [-0.1, -0.05) is 0 Å². The van der Waals surface area contributed by atoms with Gasteiger partial charge < -0.3 is 15.0 Å². The Kier molecular flexibility index (Phi) is 5.06. The molecule has 28 heavy (non-hydrogen) atoms. The molecule has 0 radical (unpaired) electrons. The lowest BCUT2D eigenvalue weighted by molar-refractivity contribution is -0.324. The van der Waals surface area contributed by atoms with E-state index in [1.54, 1.807) is 6.20 Å². The number of hydrogen-bond donors (Lipinski definition) is 1. The molecule has 0 saturated heterocycles. The van der Waals surface area contributed by atoms with Crippen molar-refractivity contribution in [3.63, 3.8) is 0 Å². The van der Waals surface area contributed by atoms with E-state index in [4.69, 9.17) is 4.74 Å². The van der Waals surface area contributed by atoms with Gasteiger partial charge in [0.25, 0.3) is 0 Å². The number of hydrogen-bond acceptors (Lipinski definition) is 5. The van der Waals surface area contributed by atoms with Crippen LogP contribution in [0.2, 0.25) is 0 Å². The fourth-order valence-electron chi connectivity index (χ4n) is 4.02. The molecule has 2 bridgehead atoms. The summed E-state index contributed by atoms with van der Waals surface area (Å²) in [7, 11) is 1.81. The second-order valence-corrected chi connectivity index (χ2v) is 8.87. The molecular formula is C18H27F3N4O3. The molecule has 1 aromatic heterocycles. The highest BCUT2D eigenvalue weighted by Gasteiger charge is 2.70. The predicted octanol–water partition coefficient (Wildman–Crippen LogP) is 3.40. The van der Waals surface area contributed by atoms with E-state index in [-0.39, 0.29) is 24.1 Å². The van der Waals surface area contributed by atoms with Gasteiger partial charge in [0.1, 0.15) is 5.60 Å². The normalized spacial score (nSPS) is 26.2. The molecule has 0 aliphatic heterocycles. The van der Waals surface area contributed by atoms with Crippen molar-refractivity contribution in [2.45, 2.75) is 69.5 Å². The number of alkyl carbamates (subject to hydrolysis) is 1. The highest BCUT2D eigenvalue weighted by atomic mass is 19.4. The number of anilines is 1. The van der Waals surface area contributed by atoms with Crippen LogP contribution in [0.25, 0.3) is 0 Å². The number of nitrogens with zero attached hydrogens (tertiary/aromatic N) is 3. The molecule has 1 N–H and O–H groups in total. The Hall–Kier alpha value is -1.97. The lowest BCUT2D eigenvalue weighted by Crippen LogP contribution is -2.79. The number of nitrogens with one attached hydrogen (secondary N) is 1. The Bertz CT molecular complexity index is 707. The first-order chi connectivity index (χ1) is 12.8. The van der Waals surface area contributed by atoms with E-state index < -0.39 is 18.1 Å². The highest BCUT2D eigenvalue weighted by molar-refractivity contribution is 5.70. The second kappa shape index (κ2) is 6.82. The number of carbonyl (C=O) groups excluding carboxylic acids is 1. The van der Waals surface area contributed by atoms with Gasteiger partial charge in [-0.2, -0.15) is 5.10 Å². The summed E-state index contributed by atoms with van der Waals surface area (Å²) >= 11 is 0. The number of halogens is 3. The molecule has 3 aliphatic carbocycles.